The Hall–Kier alpha value is -2.17. The van der Waals surface area contributed by atoms with Crippen molar-refractivity contribution in [2.45, 2.75) is 0 Å². The molecular formula is C9H5N3O2. The van der Waals surface area contributed by atoms with Gasteiger partial charge in [-0.05, 0) is 12.1 Å². The zero-order chi connectivity index (χ0) is 9.97. The zero-order valence-electron chi connectivity index (χ0n) is 7.04. The van der Waals surface area contributed by atoms with Crippen molar-refractivity contribution >= 4 is 23.7 Å². The Morgan fingerprint density at radius 2 is 2.14 bits per heavy atom. The number of ketones is 1. The van der Waals surface area contributed by atoms with E-state index >= 15 is 0 Å². The molecule has 2 amide bonds. The van der Waals surface area contributed by atoms with Crippen molar-refractivity contribution in [2.24, 2.45) is 9.98 Å². The summed E-state index contributed by atoms with van der Waals surface area (Å²) in [5, 5.41) is 0. The largest absolute Gasteiger partial charge is 0.367 e. The van der Waals surface area contributed by atoms with Crippen LogP contribution in [0.15, 0.2) is 34.4 Å². The summed E-state index contributed by atoms with van der Waals surface area (Å²) >= 11 is 0. The van der Waals surface area contributed by atoms with Crippen LogP contribution in [0, 0.1) is 0 Å². The topological polar surface area (TPSA) is 71.8 Å². The second-order valence-electron chi connectivity index (χ2n) is 2.58. The molecule has 2 heterocycles. The fourth-order valence-electron chi connectivity index (χ4n) is 1.01. The number of amides is 2. The van der Waals surface area contributed by atoms with E-state index in [2.05, 4.69) is 15.0 Å². The predicted molar refractivity (Wildman–Crippen MR) is 49.9 cm³/mol. The van der Waals surface area contributed by atoms with Crippen molar-refractivity contribution < 1.29 is 9.59 Å². The molecule has 0 saturated carbocycles. The van der Waals surface area contributed by atoms with Crippen molar-refractivity contribution in [2.75, 3.05) is 0 Å². The normalized spacial score (nSPS) is 14.3. The lowest BCUT2D eigenvalue weighted by Gasteiger charge is -1.94. The van der Waals surface area contributed by atoms with E-state index in [-0.39, 0.29) is 17.2 Å². The quantitative estimate of drug-likeness (QED) is 0.646. The van der Waals surface area contributed by atoms with Crippen molar-refractivity contribution in [3.63, 3.8) is 0 Å². The standard InChI is InChI=1S/C9H5N3O2/c13-8(6-3-1-2-4-10-6)7-5-11-9(14)12-7/h1-5H. The molecule has 0 fully saturated rings. The van der Waals surface area contributed by atoms with Crippen molar-refractivity contribution in [3.05, 3.63) is 30.1 Å². The predicted octanol–water partition coefficient (Wildman–Crippen LogP) is 0.910. The highest BCUT2D eigenvalue weighted by Gasteiger charge is 2.18. The van der Waals surface area contributed by atoms with Gasteiger partial charge in [-0.1, -0.05) is 6.07 Å². The van der Waals surface area contributed by atoms with Gasteiger partial charge < -0.3 is 0 Å². The first-order valence-electron chi connectivity index (χ1n) is 3.90. The highest BCUT2D eigenvalue weighted by molar-refractivity contribution is 6.67. The SMILES string of the molecule is O=C1N=CC(C(=O)c2ccccn2)=N1. The summed E-state index contributed by atoms with van der Waals surface area (Å²) in [6.07, 6.45) is 2.65. The van der Waals surface area contributed by atoms with Crippen molar-refractivity contribution in [3.8, 4) is 0 Å². The Balaban J connectivity index is 2.31. The molecule has 68 valence electrons. The summed E-state index contributed by atoms with van der Waals surface area (Å²) in [5.41, 5.74) is 0.293. The third-order valence-corrected chi connectivity index (χ3v) is 1.64. The third kappa shape index (κ3) is 1.47. The Kier molecular flexibility index (Phi) is 1.98. The van der Waals surface area contributed by atoms with Crippen LogP contribution in [0.5, 0.6) is 0 Å². The molecule has 0 unspecified atom stereocenters. The van der Waals surface area contributed by atoms with Crippen LogP contribution >= 0.6 is 0 Å². The van der Waals surface area contributed by atoms with Crippen LogP contribution in [0.2, 0.25) is 0 Å². The van der Waals surface area contributed by atoms with Crippen LogP contribution in [0.25, 0.3) is 0 Å². The summed E-state index contributed by atoms with van der Waals surface area (Å²) in [4.78, 5) is 32.8. The van der Waals surface area contributed by atoms with Crippen LogP contribution in [0.3, 0.4) is 0 Å². The molecule has 0 N–H and O–H groups in total. The second kappa shape index (κ2) is 3.29. The summed E-state index contributed by atoms with van der Waals surface area (Å²) in [6.45, 7) is 0. The van der Waals surface area contributed by atoms with Crippen LogP contribution in [-0.2, 0) is 0 Å². The first-order chi connectivity index (χ1) is 6.77. The zero-order valence-corrected chi connectivity index (χ0v) is 7.04. The number of carbonyl (C=O) groups is 2. The van der Waals surface area contributed by atoms with Crippen LogP contribution in [0.4, 0.5) is 4.79 Å². The Morgan fingerprint density at radius 3 is 2.71 bits per heavy atom. The molecule has 0 bridgehead atoms. The smallest absolute Gasteiger partial charge is 0.285 e. The number of pyridine rings is 1. The number of aliphatic imine (C=N–C) groups is 2. The first-order valence-corrected chi connectivity index (χ1v) is 3.90. The summed E-state index contributed by atoms with van der Waals surface area (Å²) in [6, 6.07) is 4.30. The number of carbonyl (C=O) groups excluding carboxylic acids is 2. The fraction of sp³-hybridized carbons (Fsp3) is 0. The molecule has 5 heteroatoms. The van der Waals surface area contributed by atoms with Gasteiger partial charge in [-0.25, -0.2) is 4.79 Å². The average Bonchev–Trinajstić information content (AvgIpc) is 2.65. The van der Waals surface area contributed by atoms with Gasteiger partial charge >= 0.3 is 6.03 Å². The van der Waals surface area contributed by atoms with Crippen molar-refractivity contribution in [1.29, 1.82) is 0 Å². The van der Waals surface area contributed by atoms with Gasteiger partial charge in [0.25, 0.3) is 0 Å². The maximum absolute atomic E-state index is 11.6. The van der Waals surface area contributed by atoms with E-state index < -0.39 is 6.03 Å². The van der Waals surface area contributed by atoms with Crippen LogP contribution < -0.4 is 0 Å². The average molecular weight is 187 g/mol. The lowest BCUT2D eigenvalue weighted by atomic mass is 10.2. The number of aromatic nitrogens is 1. The van der Waals surface area contributed by atoms with Gasteiger partial charge in [0.1, 0.15) is 11.4 Å². The van der Waals surface area contributed by atoms with E-state index in [1.807, 2.05) is 0 Å². The molecule has 1 aliphatic rings. The molecule has 1 aromatic heterocycles. The third-order valence-electron chi connectivity index (χ3n) is 1.64. The fourth-order valence-corrected chi connectivity index (χ4v) is 1.01. The molecule has 0 saturated heterocycles. The minimum Gasteiger partial charge on any atom is -0.285 e. The van der Waals surface area contributed by atoms with E-state index in [1.165, 1.54) is 6.20 Å². The van der Waals surface area contributed by atoms with Gasteiger partial charge in [-0.2, -0.15) is 9.98 Å². The molecule has 14 heavy (non-hydrogen) atoms. The Labute approximate surface area is 79.2 Å². The number of nitrogens with zero attached hydrogens (tertiary/aromatic N) is 3. The van der Waals surface area contributed by atoms with Gasteiger partial charge in [0.15, 0.2) is 0 Å². The number of rotatable bonds is 2. The highest BCUT2D eigenvalue weighted by Crippen LogP contribution is 2.01. The van der Waals surface area contributed by atoms with E-state index in [9.17, 15) is 9.59 Å². The summed E-state index contributed by atoms with van der Waals surface area (Å²) in [5.74, 6) is -0.389. The minimum atomic E-state index is -0.649. The molecule has 0 aromatic carbocycles. The van der Waals surface area contributed by atoms with Crippen LogP contribution in [0.1, 0.15) is 10.5 Å². The second-order valence-corrected chi connectivity index (χ2v) is 2.58. The molecular weight excluding hydrogens is 182 g/mol. The van der Waals surface area contributed by atoms with Gasteiger partial charge in [-0.15, -0.1) is 0 Å². The lowest BCUT2D eigenvalue weighted by molar-refractivity contribution is 0.106. The molecule has 2 rings (SSSR count). The maximum Gasteiger partial charge on any atom is 0.367 e. The molecule has 0 radical (unpaired) electrons. The van der Waals surface area contributed by atoms with E-state index in [4.69, 9.17) is 0 Å². The number of hydrogen-bond donors (Lipinski definition) is 0. The molecule has 1 aromatic rings. The molecule has 0 spiro atoms. The first kappa shape index (κ1) is 8.43. The minimum absolute atomic E-state index is 0.0358. The highest BCUT2D eigenvalue weighted by atomic mass is 16.2. The van der Waals surface area contributed by atoms with Gasteiger partial charge in [0.05, 0.1) is 6.21 Å². The van der Waals surface area contributed by atoms with Gasteiger partial charge in [0, 0.05) is 6.20 Å². The van der Waals surface area contributed by atoms with Crippen molar-refractivity contribution in [1.82, 2.24) is 4.98 Å². The number of hydrogen-bond acceptors (Lipinski definition) is 3. The van der Waals surface area contributed by atoms with Crippen LogP contribution in [-0.4, -0.2) is 28.7 Å². The molecule has 1 aliphatic heterocycles. The molecule has 5 nitrogen and oxygen atoms in total. The van der Waals surface area contributed by atoms with E-state index in [0.717, 1.165) is 6.21 Å². The molecule has 0 aliphatic carbocycles. The van der Waals surface area contributed by atoms with E-state index in [1.54, 1.807) is 18.2 Å². The Morgan fingerprint density at radius 1 is 1.29 bits per heavy atom. The number of Topliss-reactive ketones (excluding diaryl/α,β-unsaturated/α-hetero) is 1. The summed E-state index contributed by atoms with van der Waals surface area (Å²) < 4.78 is 0. The Bertz CT molecular complexity index is 448. The van der Waals surface area contributed by atoms with Gasteiger partial charge in [-0.3, -0.25) is 9.78 Å². The monoisotopic (exact) mass is 187 g/mol. The van der Waals surface area contributed by atoms with Gasteiger partial charge in [0.2, 0.25) is 5.78 Å². The van der Waals surface area contributed by atoms with E-state index in [0.29, 0.717) is 0 Å². The summed E-state index contributed by atoms with van der Waals surface area (Å²) in [7, 11) is 0. The molecule has 0 atom stereocenters. The lowest BCUT2D eigenvalue weighted by Crippen LogP contribution is -2.15. The number of urea groups is 1. The maximum atomic E-state index is 11.6.